The molecule has 168 valence electrons. The van der Waals surface area contributed by atoms with Crippen molar-refractivity contribution in [1.29, 1.82) is 0 Å². The molecule has 0 saturated carbocycles. The number of aryl methyl sites for hydroxylation is 1. The van der Waals surface area contributed by atoms with Crippen molar-refractivity contribution < 1.29 is 14.3 Å². The van der Waals surface area contributed by atoms with Gasteiger partial charge in [-0.2, -0.15) is 0 Å². The SMILES string of the molecule is CCOC(=O)c1sc2ncn(CC(=O)Nc3ccc(Nc4ccccc4)cc3)c(=O)c2c1C. The number of fused-ring (bicyclic) bond motifs is 1. The van der Waals surface area contributed by atoms with Gasteiger partial charge in [0.1, 0.15) is 16.3 Å². The molecule has 0 unspecified atom stereocenters. The number of aromatic nitrogens is 2. The van der Waals surface area contributed by atoms with E-state index in [1.54, 1.807) is 26.0 Å². The van der Waals surface area contributed by atoms with E-state index < -0.39 is 5.97 Å². The Balaban J connectivity index is 1.46. The van der Waals surface area contributed by atoms with Gasteiger partial charge < -0.3 is 15.4 Å². The fraction of sp³-hybridized carbons (Fsp3) is 0.167. The van der Waals surface area contributed by atoms with Gasteiger partial charge in [0.05, 0.1) is 18.3 Å². The Morgan fingerprint density at radius 3 is 2.39 bits per heavy atom. The van der Waals surface area contributed by atoms with Gasteiger partial charge in [-0.25, -0.2) is 9.78 Å². The molecule has 2 N–H and O–H groups in total. The number of thiophene rings is 1. The number of carbonyl (C=O) groups is 2. The van der Waals surface area contributed by atoms with Gasteiger partial charge in [-0.15, -0.1) is 11.3 Å². The molecule has 2 aromatic heterocycles. The van der Waals surface area contributed by atoms with E-state index in [-0.39, 0.29) is 24.6 Å². The van der Waals surface area contributed by atoms with Crippen LogP contribution in [0.25, 0.3) is 10.2 Å². The van der Waals surface area contributed by atoms with E-state index in [1.807, 2.05) is 42.5 Å². The highest BCUT2D eigenvalue weighted by molar-refractivity contribution is 7.20. The highest BCUT2D eigenvalue weighted by Crippen LogP contribution is 2.27. The van der Waals surface area contributed by atoms with Gasteiger partial charge in [0, 0.05) is 17.1 Å². The average molecular weight is 463 g/mol. The third-order valence-corrected chi connectivity index (χ3v) is 6.10. The van der Waals surface area contributed by atoms with Crippen LogP contribution in [-0.4, -0.2) is 28.0 Å². The van der Waals surface area contributed by atoms with Crippen molar-refractivity contribution in [3.63, 3.8) is 0 Å². The Kier molecular flexibility index (Phi) is 6.50. The summed E-state index contributed by atoms with van der Waals surface area (Å²) in [5.41, 5.74) is 2.60. The van der Waals surface area contributed by atoms with Crippen LogP contribution in [0.5, 0.6) is 0 Å². The predicted molar refractivity (Wildman–Crippen MR) is 129 cm³/mol. The molecule has 0 aliphatic rings. The van der Waals surface area contributed by atoms with Crippen LogP contribution in [0.4, 0.5) is 17.1 Å². The number of amides is 1. The Bertz CT molecular complexity index is 1360. The van der Waals surface area contributed by atoms with E-state index in [9.17, 15) is 14.4 Å². The lowest BCUT2D eigenvalue weighted by Gasteiger charge is -2.09. The molecule has 33 heavy (non-hydrogen) atoms. The van der Waals surface area contributed by atoms with Gasteiger partial charge in [-0.3, -0.25) is 14.2 Å². The molecule has 4 rings (SSSR count). The maximum atomic E-state index is 12.9. The summed E-state index contributed by atoms with van der Waals surface area (Å²) < 4.78 is 6.28. The first-order valence-corrected chi connectivity index (χ1v) is 11.2. The molecule has 0 aliphatic heterocycles. The number of nitrogens with one attached hydrogen (secondary N) is 2. The number of benzene rings is 2. The molecule has 1 amide bonds. The van der Waals surface area contributed by atoms with E-state index in [1.165, 1.54) is 10.9 Å². The summed E-state index contributed by atoms with van der Waals surface area (Å²) in [6.45, 7) is 3.45. The highest BCUT2D eigenvalue weighted by Gasteiger charge is 2.20. The average Bonchev–Trinajstić information content (AvgIpc) is 3.15. The quantitative estimate of drug-likeness (QED) is 0.397. The fourth-order valence-electron chi connectivity index (χ4n) is 3.34. The molecule has 2 aromatic carbocycles. The number of ether oxygens (including phenoxy) is 1. The molecular formula is C24H22N4O4S. The predicted octanol–water partition coefficient (Wildman–Crippen LogP) is 4.33. The summed E-state index contributed by atoms with van der Waals surface area (Å²) in [6.07, 6.45) is 1.32. The fourth-order valence-corrected chi connectivity index (χ4v) is 4.38. The van der Waals surface area contributed by atoms with Crippen molar-refractivity contribution in [3.05, 3.63) is 81.7 Å². The Morgan fingerprint density at radius 1 is 1.03 bits per heavy atom. The number of carbonyl (C=O) groups excluding carboxylic acids is 2. The zero-order valence-corrected chi connectivity index (χ0v) is 18.9. The number of nitrogens with zero attached hydrogens (tertiary/aromatic N) is 2. The lowest BCUT2D eigenvalue weighted by Crippen LogP contribution is -2.27. The third-order valence-electron chi connectivity index (χ3n) is 4.92. The third kappa shape index (κ3) is 4.93. The Labute approximate surface area is 193 Å². The van der Waals surface area contributed by atoms with Crippen LogP contribution >= 0.6 is 11.3 Å². The second-order valence-electron chi connectivity index (χ2n) is 7.25. The van der Waals surface area contributed by atoms with Crippen molar-refractivity contribution in [2.75, 3.05) is 17.2 Å². The van der Waals surface area contributed by atoms with Crippen molar-refractivity contribution in [3.8, 4) is 0 Å². The van der Waals surface area contributed by atoms with Crippen LogP contribution in [-0.2, 0) is 16.1 Å². The summed E-state index contributed by atoms with van der Waals surface area (Å²) in [5, 5.41) is 6.39. The standard InChI is InChI=1S/C24H22N4O4S/c1-3-32-24(31)21-15(2)20-22(33-21)25-14-28(23(20)30)13-19(29)27-18-11-9-17(10-12-18)26-16-7-5-4-6-8-16/h4-12,14,26H,3,13H2,1-2H3,(H,27,29). The largest absolute Gasteiger partial charge is 0.462 e. The maximum Gasteiger partial charge on any atom is 0.348 e. The van der Waals surface area contributed by atoms with Crippen molar-refractivity contribution >= 4 is 50.5 Å². The summed E-state index contributed by atoms with van der Waals surface area (Å²) in [4.78, 5) is 42.7. The van der Waals surface area contributed by atoms with Crippen LogP contribution in [0.15, 0.2) is 65.7 Å². The topological polar surface area (TPSA) is 102 Å². The number of esters is 1. The van der Waals surface area contributed by atoms with Gasteiger partial charge in [-0.05, 0) is 55.8 Å². The molecule has 0 radical (unpaired) electrons. The molecule has 9 heteroatoms. The van der Waals surface area contributed by atoms with Gasteiger partial charge in [0.15, 0.2) is 0 Å². The number of para-hydroxylation sites is 1. The highest BCUT2D eigenvalue weighted by atomic mass is 32.1. The van der Waals surface area contributed by atoms with E-state index in [0.717, 1.165) is 22.7 Å². The summed E-state index contributed by atoms with van der Waals surface area (Å²) in [6, 6.07) is 17.0. The van der Waals surface area contributed by atoms with Gasteiger partial charge >= 0.3 is 5.97 Å². The molecule has 0 spiro atoms. The van der Waals surface area contributed by atoms with Crippen molar-refractivity contribution in [1.82, 2.24) is 9.55 Å². The van der Waals surface area contributed by atoms with E-state index in [0.29, 0.717) is 26.3 Å². The zero-order chi connectivity index (χ0) is 23.4. The lowest BCUT2D eigenvalue weighted by atomic mass is 10.2. The maximum absolute atomic E-state index is 12.9. The minimum Gasteiger partial charge on any atom is -0.462 e. The molecule has 0 aliphatic carbocycles. The minimum absolute atomic E-state index is 0.199. The molecule has 0 fully saturated rings. The first-order valence-electron chi connectivity index (χ1n) is 10.3. The van der Waals surface area contributed by atoms with Crippen molar-refractivity contribution in [2.45, 2.75) is 20.4 Å². The minimum atomic E-state index is -0.480. The molecule has 4 aromatic rings. The molecular weight excluding hydrogens is 440 g/mol. The monoisotopic (exact) mass is 462 g/mol. The van der Waals surface area contributed by atoms with Crippen LogP contribution in [0.1, 0.15) is 22.2 Å². The summed E-state index contributed by atoms with van der Waals surface area (Å²) >= 11 is 1.11. The first-order chi connectivity index (χ1) is 16.0. The smallest absolute Gasteiger partial charge is 0.348 e. The van der Waals surface area contributed by atoms with Gasteiger partial charge in [-0.1, -0.05) is 18.2 Å². The molecule has 0 saturated heterocycles. The van der Waals surface area contributed by atoms with E-state index in [4.69, 9.17) is 4.74 Å². The van der Waals surface area contributed by atoms with Crippen molar-refractivity contribution in [2.24, 2.45) is 0 Å². The molecule has 0 atom stereocenters. The van der Waals surface area contributed by atoms with Gasteiger partial charge in [0.25, 0.3) is 5.56 Å². The van der Waals surface area contributed by atoms with Crippen LogP contribution in [0.3, 0.4) is 0 Å². The lowest BCUT2D eigenvalue weighted by molar-refractivity contribution is -0.116. The second-order valence-corrected chi connectivity index (χ2v) is 8.25. The van der Waals surface area contributed by atoms with Gasteiger partial charge in [0.2, 0.25) is 5.91 Å². The molecule has 0 bridgehead atoms. The van der Waals surface area contributed by atoms with Crippen LogP contribution in [0, 0.1) is 6.92 Å². The Hall–Kier alpha value is -3.98. The first kappa shape index (κ1) is 22.2. The second kappa shape index (κ2) is 9.66. The normalized spacial score (nSPS) is 10.7. The van der Waals surface area contributed by atoms with Crippen LogP contribution < -0.4 is 16.2 Å². The number of rotatable bonds is 7. The number of anilines is 3. The zero-order valence-electron chi connectivity index (χ0n) is 18.1. The molecule has 2 heterocycles. The number of hydrogen-bond donors (Lipinski definition) is 2. The Morgan fingerprint density at radius 2 is 1.70 bits per heavy atom. The molecule has 8 nitrogen and oxygen atoms in total. The van der Waals surface area contributed by atoms with E-state index >= 15 is 0 Å². The number of hydrogen-bond acceptors (Lipinski definition) is 7. The summed E-state index contributed by atoms with van der Waals surface area (Å²) in [5.74, 6) is -0.840. The van der Waals surface area contributed by atoms with E-state index in [2.05, 4.69) is 15.6 Å². The van der Waals surface area contributed by atoms with Crippen LogP contribution in [0.2, 0.25) is 0 Å². The summed E-state index contributed by atoms with van der Waals surface area (Å²) in [7, 11) is 0.